The average Bonchev–Trinajstić information content (AvgIpc) is 3.08. The Morgan fingerprint density at radius 2 is 1.81 bits per heavy atom. The number of hydrogen-bond acceptors (Lipinski definition) is 7. The van der Waals surface area contributed by atoms with Gasteiger partial charge in [-0.3, -0.25) is 9.59 Å². The van der Waals surface area contributed by atoms with Crippen LogP contribution < -0.4 is 14.8 Å². The first-order valence-electron chi connectivity index (χ1n) is 8.20. The van der Waals surface area contributed by atoms with Crippen LogP contribution in [0.5, 0.6) is 11.5 Å². The zero-order valence-corrected chi connectivity index (χ0v) is 16.6. The molecule has 0 saturated carbocycles. The number of aromatic nitrogens is 1. The van der Waals surface area contributed by atoms with Gasteiger partial charge in [0.05, 0.1) is 20.8 Å². The number of aryl methyl sites for hydroxylation is 1. The minimum absolute atomic E-state index is 0.125. The number of anilines is 1. The topological polar surface area (TPSA) is 90.0 Å². The molecule has 0 unspecified atom stereocenters. The van der Waals surface area contributed by atoms with E-state index in [9.17, 15) is 9.59 Å². The summed E-state index contributed by atoms with van der Waals surface area (Å²) in [6, 6.07) is 4.88. The number of nitrogens with zero attached hydrogens (tertiary/aromatic N) is 2. The molecule has 1 aromatic carbocycles. The Balaban J connectivity index is 2.16. The molecule has 0 radical (unpaired) electrons. The van der Waals surface area contributed by atoms with Crippen molar-refractivity contribution < 1.29 is 23.8 Å². The third-order valence-corrected chi connectivity index (χ3v) is 4.48. The molecule has 0 aliphatic carbocycles. The van der Waals surface area contributed by atoms with Gasteiger partial charge in [0.15, 0.2) is 5.13 Å². The van der Waals surface area contributed by atoms with Crippen LogP contribution in [0.2, 0.25) is 0 Å². The van der Waals surface area contributed by atoms with Crippen LogP contribution in [0.25, 0.3) is 0 Å². The van der Waals surface area contributed by atoms with Gasteiger partial charge in [-0.05, 0) is 19.1 Å². The van der Waals surface area contributed by atoms with E-state index >= 15 is 0 Å². The van der Waals surface area contributed by atoms with Crippen LogP contribution in [0.1, 0.15) is 15.2 Å². The first-order chi connectivity index (χ1) is 13.0. The summed E-state index contributed by atoms with van der Waals surface area (Å²) in [5.74, 6) is 0.331. The van der Waals surface area contributed by atoms with Gasteiger partial charge >= 0.3 is 0 Å². The van der Waals surface area contributed by atoms with Gasteiger partial charge in [0, 0.05) is 36.4 Å². The Morgan fingerprint density at radius 1 is 1.15 bits per heavy atom. The lowest BCUT2D eigenvalue weighted by molar-refractivity contribution is -0.117. The third kappa shape index (κ3) is 5.93. The Kier molecular flexibility index (Phi) is 7.56. The molecule has 0 aliphatic rings. The van der Waals surface area contributed by atoms with Gasteiger partial charge in [-0.15, -0.1) is 11.3 Å². The Morgan fingerprint density at radius 3 is 2.33 bits per heavy atom. The van der Waals surface area contributed by atoms with E-state index in [0.717, 1.165) is 4.88 Å². The molecule has 9 heteroatoms. The average molecular weight is 393 g/mol. The summed E-state index contributed by atoms with van der Waals surface area (Å²) in [4.78, 5) is 31.8. The maximum absolute atomic E-state index is 12.9. The number of methoxy groups -OCH3 is 3. The first-order valence-corrected chi connectivity index (χ1v) is 9.02. The van der Waals surface area contributed by atoms with E-state index in [1.807, 2.05) is 6.92 Å². The quantitative estimate of drug-likeness (QED) is 0.702. The van der Waals surface area contributed by atoms with Gasteiger partial charge in [-0.25, -0.2) is 4.98 Å². The van der Waals surface area contributed by atoms with E-state index in [1.165, 1.54) is 37.6 Å². The van der Waals surface area contributed by atoms with Gasteiger partial charge in [-0.2, -0.15) is 0 Å². The van der Waals surface area contributed by atoms with Crippen molar-refractivity contribution in [2.24, 2.45) is 0 Å². The first kappa shape index (κ1) is 20.7. The highest BCUT2D eigenvalue weighted by molar-refractivity contribution is 7.15. The number of carbonyl (C=O) groups excluding carboxylic acids is 2. The number of amides is 2. The molecule has 1 aromatic heterocycles. The van der Waals surface area contributed by atoms with E-state index in [2.05, 4.69) is 10.3 Å². The fourth-order valence-electron chi connectivity index (χ4n) is 2.31. The molecule has 2 amide bonds. The molecule has 1 heterocycles. The number of carbonyl (C=O) groups is 2. The number of thiazole rings is 1. The number of benzene rings is 1. The van der Waals surface area contributed by atoms with E-state index < -0.39 is 0 Å². The van der Waals surface area contributed by atoms with Crippen molar-refractivity contribution in [2.45, 2.75) is 6.92 Å². The third-order valence-electron chi connectivity index (χ3n) is 3.65. The van der Waals surface area contributed by atoms with E-state index in [4.69, 9.17) is 14.2 Å². The molecule has 0 fully saturated rings. The summed E-state index contributed by atoms with van der Waals surface area (Å²) in [6.07, 6.45) is 1.68. The predicted octanol–water partition coefficient (Wildman–Crippen LogP) is 2.20. The lowest BCUT2D eigenvalue weighted by Crippen LogP contribution is -2.40. The van der Waals surface area contributed by atoms with Crippen molar-refractivity contribution in [2.75, 3.05) is 46.3 Å². The van der Waals surface area contributed by atoms with Crippen molar-refractivity contribution in [3.05, 3.63) is 34.8 Å². The van der Waals surface area contributed by atoms with Crippen molar-refractivity contribution in [3.63, 3.8) is 0 Å². The van der Waals surface area contributed by atoms with E-state index in [-0.39, 0.29) is 24.9 Å². The molecule has 0 saturated heterocycles. The molecule has 0 atom stereocenters. The van der Waals surface area contributed by atoms with Gasteiger partial charge in [0.2, 0.25) is 5.91 Å². The van der Waals surface area contributed by atoms with Gasteiger partial charge in [0.1, 0.15) is 18.0 Å². The minimum atomic E-state index is -0.330. The Labute approximate surface area is 162 Å². The van der Waals surface area contributed by atoms with Crippen LogP contribution in [0.3, 0.4) is 0 Å². The molecule has 2 aromatic rings. The van der Waals surface area contributed by atoms with Gasteiger partial charge < -0.3 is 24.4 Å². The van der Waals surface area contributed by atoms with Crippen LogP contribution in [0, 0.1) is 6.92 Å². The van der Waals surface area contributed by atoms with Crippen LogP contribution >= 0.6 is 11.3 Å². The second-order valence-corrected chi connectivity index (χ2v) is 6.88. The maximum Gasteiger partial charge on any atom is 0.254 e. The van der Waals surface area contributed by atoms with E-state index in [1.54, 1.807) is 24.4 Å². The molecule has 0 spiro atoms. The molecule has 1 N–H and O–H groups in total. The fourth-order valence-corrected chi connectivity index (χ4v) is 2.99. The Bertz CT molecular complexity index is 771. The summed E-state index contributed by atoms with van der Waals surface area (Å²) in [7, 11) is 4.56. The number of hydrogen-bond donors (Lipinski definition) is 1. The number of ether oxygens (including phenoxy) is 3. The highest BCUT2D eigenvalue weighted by Crippen LogP contribution is 2.23. The van der Waals surface area contributed by atoms with Crippen LogP contribution in [0.4, 0.5) is 5.13 Å². The molecule has 0 aliphatic heterocycles. The Hall–Kier alpha value is -2.65. The summed E-state index contributed by atoms with van der Waals surface area (Å²) in [6.45, 7) is 2.34. The standard InChI is InChI=1S/C18H23N3O5S/c1-12-10-19-18(27-12)20-16(22)11-21(5-6-24-2)17(23)13-7-14(25-3)9-15(8-13)26-4/h7-10H,5-6,11H2,1-4H3,(H,19,20,22). The normalized spacial score (nSPS) is 10.4. The van der Waals surface area contributed by atoms with Gasteiger partial charge in [0.25, 0.3) is 5.91 Å². The molecule has 27 heavy (non-hydrogen) atoms. The van der Waals surface area contributed by atoms with Crippen molar-refractivity contribution >= 4 is 28.3 Å². The molecule has 8 nitrogen and oxygen atoms in total. The predicted molar refractivity (Wildman–Crippen MR) is 103 cm³/mol. The second kappa shape index (κ2) is 9.89. The number of rotatable bonds is 9. The zero-order valence-electron chi connectivity index (χ0n) is 15.8. The second-order valence-electron chi connectivity index (χ2n) is 5.65. The zero-order chi connectivity index (χ0) is 19.8. The smallest absolute Gasteiger partial charge is 0.254 e. The SMILES string of the molecule is COCCN(CC(=O)Nc1ncc(C)s1)C(=O)c1cc(OC)cc(OC)c1. The number of nitrogens with one attached hydrogen (secondary N) is 1. The van der Waals surface area contributed by atoms with Crippen LogP contribution in [0.15, 0.2) is 24.4 Å². The molecule has 2 rings (SSSR count). The summed E-state index contributed by atoms with van der Waals surface area (Å²) < 4.78 is 15.5. The van der Waals surface area contributed by atoms with Crippen molar-refractivity contribution in [1.29, 1.82) is 0 Å². The van der Waals surface area contributed by atoms with Crippen LogP contribution in [-0.4, -0.2) is 62.7 Å². The lowest BCUT2D eigenvalue weighted by atomic mass is 10.1. The fraction of sp³-hybridized carbons (Fsp3) is 0.389. The van der Waals surface area contributed by atoms with Gasteiger partial charge in [-0.1, -0.05) is 0 Å². The van der Waals surface area contributed by atoms with E-state index in [0.29, 0.717) is 28.8 Å². The molecule has 0 bridgehead atoms. The highest BCUT2D eigenvalue weighted by atomic mass is 32.1. The summed E-state index contributed by atoms with van der Waals surface area (Å²) >= 11 is 1.37. The maximum atomic E-state index is 12.9. The lowest BCUT2D eigenvalue weighted by Gasteiger charge is -2.22. The monoisotopic (exact) mass is 393 g/mol. The summed E-state index contributed by atoms with van der Waals surface area (Å²) in [5, 5.41) is 3.21. The molecular weight excluding hydrogens is 370 g/mol. The molecule has 146 valence electrons. The summed E-state index contributed by atoms with van der Waals surface area (Å²) in [5.41, 5.74) is 0.361. The van der Waals surface area contributed by atoms with Crippen LogP contribution in [-0.2, 0) is 9.53 Å². The molecular formula is C18H23N3O5S. The van der Waals surface area contributed by atoms with Crippen molar-refractivity contribution in [3.8, 4) is 11.5 Å². The largest absolute Gasteiger partial charge is 0.497 e. The highest BCUT2D eigenvalue weighted by Gasteiger charge is 2.21. The minimum Gasteiger partial charge on any atom is -0.497 e. The van der Waals surface area contributed by atoms with Crippen molar-refractivity contribution in [1.82, 2.24) is 9.88 Å².